The third kappa shape index (κ3) is 2.72. The van der Waals surface area contributed by atoms with Crippen molar-refractivity contribution in [3.8, 4) is 0 Å². The normalized spacial score (nSPS) is 25.2. The molecule has 0 bridgehead atoms. The Balaban J connectivity index is 1.67. The number of nitrogens with one attached hydrogen (secondary N) is 1. The first-order valence-corrected chi connectivity index (χ1v) is 7.74. The molecule has 1 saturated heterocycles. The average Bonchev–Trinajstić information content (AvgIpc) is 2.92. The molecule has 2 fully saturated rings. The Bertz CT molecular complexity index is 341. The Morgan fingerprint density at radius 3 is 2.94 bits per heavy atom. The van der Waals surface area contributed by atoms with Crippen LogP contribution in [0.15, 0.2) is 17.5 Å². The molecule has 0 amide bonds. The highest BCUT2D eigenvalue weighted by molar-refractivity contribution is 7.09. The van der Waals surface area contributed by atoms with E-state index in [9.17, 15) is 0 Å². The first-order chi connectivity index (χ1) is 8.36. The van der Waals surface area contributed by atoms with E-state index in [2.05, 4.69) is 27.7 Å². The molecule has 0 aromatic carbocycles. The van der Waals surface area contributed by atoms with Crippen LogP contribution in [0.3, 0.4) is 0 Å². The van der Waals surface area contributed by atoms with Crippen LogP contribution in [-0.4, -0.2) is 30.1 Å². The molecule has 1 aliphatic carbocycles. The molecular weight excluding hydrogens is 228 g/mol. The molecule has 1 aromatic heterocycles. The van der Waals surface area contributed by atoms with Crippen LogP contribution in [0, 0.1) is 0 Å². The fraction of sp³-hybridized carbons (Fsp3) is 0.714. The lowest BCUT2D eigenvalue weighted by molar-refractivity contribution is 0.205. The molecule has 94 valence electrons. The van der Waals surface area contributed by atoms with Crippen molar-refractivity contribution in [3.63, 3.8) is 0 Å². The Kier molecular flexibility index (Phi) is 3.50. The maximum atomic E-state index is 3.83. The summed E-state index contributed by atoms with van der Waals surface area (Å²) in [5, 5.41) is 6.02. The molecule has 1 saturated carbocycles. The van der Waals surface area contributed by atoms with Gasteiger partial charge in [0.2, 0.25) is 0 Å². The van der Waals surface area contributed by atoms with Crippen molar-refractivity contribution < 1.29 is 0 Å². The second-order valence-corrected chi connectivity index (χ2v) is 6.59. The van der Waals surface area contributed by atoms with Crippen LogP contribution in [0.5, 0.6) is 0 Å². The monoisotopic (exact) mass is 250 g/mol. The van der Waals surface area contributed by atoms with E-state index in [0.29, 0.717) is 5.54 Å². The number of hydrogen-bond donors (Lipinski definition) is 1. The van der Waals surface area contributed by atoms with E-state index in [1.807, 2.05) is 11.3 Å². The highest BCUT2D eigenvalue weighted by Crippen LogP contribution is 2.32. The lowest BCUT2D eigenvalue weighted by Gasteiger charge is -2.33. The van der Waals surface area contributed by atoms with Crippen molar-refractivity contribution in [2.45, 2.75) is 44.2 Å². The summed E-state index contributed by atoms with van der Waals surface area (Å²) in [5.74, 6) is 0. The van der Waals surface area contributed by atoms with Gasteiger partial charge in [-0.25, -0.2) is 0 Å². The molecule has 2 aliphatic rings. The summed E-state index contributed by atoms with van der Waals surface area (Å²) >= 11 is 1.89. The SMILES string of the molecule is c1csc(CN2CCCNC3(CCCC3)C2)c1. The lowest BCUT2D eigenvalue weighted by atomic mass is 9.97. The molecule has 2 heterocycles. The van der Waals surface area contributed by atoms with Crippen molar-refractivity contribution in [1.82, 2.24) is 10.2 Å². The van der Waals surface area contributed by atoms with Gasteiger partial charge in [-0.2, -0.15) is 0 Å². The molecule has 0 unspecified atom stereocenters. The molecule has 3 rings (SSSR count). The van der Waals surface area contributed by atoms with Crippen LogP contribution in [0.25, 0.3) is 0 Å². The Morgan fingerprint density at radius 1 is 1.29 bits per heavy atom. The van der Waals surface area contributed by atoms with Gasteiger partial charge in [0.1, 0.15) is 0 Å². The lowest BCUT2D eigenvalue weighted by Crippen LogP contribution is -2.49. The van der Waals surface area contributed by atoms with E-state index >= 15 is 0 Å². The van der Waals surface area contributed by atoms with Gasteiger partial charge >= 0.3 is 0 Å². The molecule has 1 spiro atoms. The molecule has 17 heavy (non-hydrogen) atoms. The van der Waals surface area contributed by atoms with Gasteiger partial charge in [-0.1, -0.05) is 18.9 Å². The largest absolute Gasteiger partial charge is 0.310 e. The zero-order valence-corrected chi connectivity index (χ0v) is 11.3. The molecule has 0 atom stereocenters. The minimum atomic E-state index is 0.452. The molecular formula is C14H22N2S. The third-order valence-electron chi connectivity index (χ3n) is 4.20. The first kappa shape index (κ1) is 11.7. The van der Waals surface area contributed by atoms with Gasteiger partial charge in [0.05, 0.1) is 0 Å². The van der Waals surface area contributed by atoms with E-state index in [-0.39, 0.29) is 0 Å². The van der Waals surface area contributed by atoms with Crippen molar-refractivity contribution in [1.29, 1.82) is 0 Å². The van der Waals surface area contributed by atoms with Gasteiger partial charge < -0.3 is 5.32 Å². The van der Waals surface area contributed by atoms with Gasteiger partial charge in [0.15, 0.2) is 0 Å². The average molecular weight is 250 g/mol. The Labute approximate surface area is 108 Å². The van der Waals surface area contributed by atoms with Crippen LogP contribution >= 0.6 is 11.3 Å². The van der Waals surface area contributed by atoms with Gasteiger partial charge in [-0.3, -0.25) is 4.90 Å². The highest BCUT2D eigenvalue weighted by atomic mass is 32.1. The molecule has 1 N–H and O–H groups in total. The van der Waals surface area contributed by atoms with Crippen LogP contribution in [0.4, 0.5) is 0 Å². The summed E-state index contributed by atoms with van der Waals surface area (Å²) in [6.45, 7) is 4.87. The third-order valence-corrected chi connectivity index (χ3v) is 5.06. The molecule has 1 aromatic rings. The van der Waals surface area contributed by atoms with Crippen LogP contribution in [0.2, 0.25) is 0 Å². The summed E-state index contributed by atoms with van der Waals surface area (Å²) < 4.78 is 0. The van der Waals surface area contributed by atoms with E-state index in [0.717, 1.165) is 6.54 Å². The summed E-state index contributed by atoms with van der Waals surface area (Å²) in [6, 6.07) is 4.44. The smallest absolute Gasteiger partial charge is 0.0328 e. The van der Waals surface area contributed by atoms with E-state index in [1.165, 1.54) is 56.6 Å². The Hall–Kier alpha value is -0.380. The van der Waals surface area contributed by atoms with Crippen LogP contribution in [0.1, 0.15) is 37.0 Å². The second kappa shape index (κ2) is 5.09. The van der Waals surface area contributed by atoms with Gasteiger partial charge in [0.25, 0.3) is 0 Å². The topological polar surface area (TPSA) is 15.3 Å². The maximum absolute atomic E-state index is 3.83. The predicted molar refractivity (Wildman–Crippen MR) is 73.4 cm³/mol. The quantitative estimate of drug-likeness (QED) is 0.868. The minimum absolute atomic E-state index is 0.452. The summed E-state index contributed by atoms with van der Waals surface area (Å²) in [5.41, 5.74) is 0.452. The summed E-state index contributed by atoms with van der Waals surface area (Å²) in [6.07, 6.45) is 6.90. The number of nitrogens with zero attached hydrogens (tertiary/aromatic N) is 1. The summed E-state index contributed by atoms with van der Waals surface area (Å²) in [4.78, 5) is 4.18. The van der Waals surface area contributed by atoms with Crippen LogP contribution in [-0.2, 0) is 6.54 Å². The van der Waals surface area contributed by atoms with Crippen LogP contribution < -0.4 is 5.32 Å². The number of thiophene rings is 1. The molecule has 1 aliphatic heterocycles. The van der Waals surface area contributed by atoms with Gasteiger partial charge in [-0.05, 0) is 43.8 Å². The standard InChI is InChI=1S/C14H22N2S/c1-2-7-14(6-1)12-16(9-4-8-15-14)11-13-5-3-10-17-13/h3,5,10,15H,1-2,4,6-9,11-12H2. The molecule has 0 radical (unpaired) electrons. The zero-order chi connectivity index (χ0) is 11.6. The van der Waals surface area contributed by atoms with E-state index in [4.69, 9.17) is 0 Å². The number of hydrogen-bond acceptors (Lipinski definition) is 3. The first-order valence-electron chi connectivity index (χ1n) is 6.86. The Morgan fingerprint density at radius 2 is 2.18 bits per heavy atom. The summed E-state index contributed by atoms with van der Waals surface area (Å²) in [7, 11) is 0. The van der Waals surface area contributed by atoms with E-state index in [1.54, 1.807) is 0 Å². The van der Waals surface area contributed by atoms with Gasteiger partial charge in [0, 0.05) is 23.5 Å². The zero-order valence-electron chi connectivity index (χ0n) is 10.5. The van der Waals surface area contributed by atoms with E-state index < -0.39 is 0 Å². The predicted octanol–water partition coefficient (Wildman–Crippen LogP) is 2.86. The van der Waals surface area contributed by atoms with Crippen molar-refractivity contribution >= 4 is 11.3 Å². The fourth-order valence-electron chi connectivity index (χ4n) is 3.36. The van der Waals surface area contributed by atoms with Crippen molar-refractivity contribution in [2.75, 3.05) is 19.6 Å². The fourth-order valence-corrected chi connectivity index (χ4v) is 4.11. The highest BCUT2D eigenvalue weighted by Gasteiger charge is 2.36. The number of rotatable bonds is 2. The second-order valence-electron chi connectivity index (χ2n) is 5.56. The molecule has 3 heteroatoms. The maximum Gasteiger partial charge on any atom is 0.0328 e. The van der Waals surface area contributed by atoms with Crippen molar-refractivity contribution in [2.24, 2.45) is 0 Å². The molecule has 2 nitrogen and oxygen atoms in total. The minimum Gasteiger partial charge on any atom is -0.310 e. The van der Waals surface area contributed by atoms with Gasteiger partial charge in [-0.15, -0.1) is 11.3 Å². The van der Waals surface area contributed by atoms with Crippen molar-refractivity contribution in [3.05, 3.63) is 22.4 Å².